The van der Waals surface area contributed by atoms with E-state index < -0.39 is 5.97 Å². The Kier molecular flexibility index (Phi) is 2.99. The molecule has 0 aliphatic heterocycles. The zero-order chi connectivity index (χ0) is 12.3. The van der Waals surface area contributed by atoms with Crippen molar-refractivity contribution in [2.75, 3.05) is 7.11 Å². The lowest BCUT2D eigenvalue weighted by molar-refractivity contribution is 0.0603. The fourth-order valence-corrected chi connectivity index (χ4v) is 1.72. The molecule has 0 bridgehead atoms. The average molecular weight is 227 g/mol. The Balaban J connectivity index is 2.79. The summed E-state index contributed by atoms with van der Waals surface area (Å²) in [6.45, 7) is 0. The monoisotopic (exact) mass is 227 g/mol. The molecule has 84 valence electrons. The standard InChI is InChI=1S/C13H9NO3/c1-17-13(16)11-6-7-12(14-8-15)10-5-3-2-4-9(10)11/h2-7H,1H3. The number of ether oxygens (including phenoxy) is 1. The van der Waals surface area contributed by atoms with E-state index in [9.17, 15) is 9.59 Å². The molecule has 0 aliphatic rings. The lowest BCUT2D eigenvalue weighted by atomic mass is 10.0. The molecule has 2 rings (SSSR count). The summed E-state index contributed by atoms with van der Waals surface area (Å²) in [5.41, 5.74) is 0.941. The van der Waals surface area contributed by atoms with E-state index in [1.54, 1.807) is 24.3 Å². The smallest absolute Gasteiger partial charge is 0.338 e. The number of esters is 1. The number of carbonyl (C=O) groups excluding carboxylic acids is 2. The van der Waals surface area contributed by atoms with Crippen molar-refractivity contribution in [1.29, 1.82) is 0 Å². The van der Waals surface area contributed by atoms with Gasteiger partial charge in [0.2, 0.25) is 6.08 Å². The van der Waals surface area contributed by atoms with Crippen LogP contribution in [0.4, 0.5) is 5.69 Å². The topological polar surface area (TPSA) is 55.7 Å². The third kappa shape index (κ3) is 1.94. The molecule has 2 aromatic rings. The normalized spacial score (nSPS) is 9.71. The van der Waals surface area contributed by atoms with E-state index in [0.717, 1.165) is 5.39 Å². The largest absolute Gasteiger partial charge is 0.465 e. The number of nitrogens with zero attached hydrogens (tertiary/aromatic N) is 1. The van der Waals surface area contributed by atoms with Crippen molar-refractivity contribution < 1.29 is 14.3 Å². The van der Waals surface area contributed by atoms with Crippen molar-refractivity contribution in [1.82, 2.24) is 0 Å². The maximum atomic E-state index is 11.6. The third-order valence-electron chi connectivity index (χ3n) is 2.47. The van der Waals surface area contributed by atoms with Crippen molar-refractivity contribution in [2.45, 2.75) is 0 Å². The number of hydrogen-bond acceptors (Lipinski definition) is 4. The van der Waals surface area contributed by atoms with Gasteiger partial charge in [0.15, 0.2) is 0 Å². The van der Waals surface area contributed by atoms with E-state index in [1.165, 1.54) is 13.2 Å². The summed E-state index contributed by atoms with van der Waals surface area (Å²) in [6.07, 6.45) is 1.50. The molecule has 0 aromatic heterocycles. The van der Waals surface area contributed by atoms with Crippen LogP contribution >= 0.6 is 0 Å². The predicted octanol–water partition coefficient (Wildman–Crippen LogP) is 2.59. The Morgan fingerprint density at radius 3 is 2.53 bits per heavy atom. The van der Waals surface area contributed by atoms with Crippen LogP contribution in [0.2, 0.25) is 0 Å². The molecule has 4 nitrogen and oxygen atoms in total. The molecule has 0 unspecified atom stereocenters. The van der Waals surface area contributed by atoms with Gasteiger partial charge in [-0.2, -0.15) is 4.99 Å². The van der Waals surface area contributed by atoms with Crippen molar-refractivity contribution in [3.05, 3.63) is 42.0 Å². The molecule has 0 aliphatic carbocycles. The highest BCUT2D eigenvalue weighted by Gasteiger charge is 2.11. The Bertz CT molecular complexity index is 628. The first-order valence-corrected chi connectivity index (χ1v) is 4.96. The third-order valence-corrected chi connectivity index (χ3v) is 2.47. The van der Waals surface area contributed by atoms with Gasteiger partial charge in [0.1, 0.15) is 0 Å². The van der Waals surface area contributed by atoms with E-state index in [1.807, 2.05) is 12.1 Å². The van der Waals surface area contributed by atoms with Crippen molar-refractivity contribution in [2.24, 2.45) is 4.99 Å². The van der Waals surface area contributed by atoms with Gasteiger partial charge < -0.3 is 4.74 Å². The highest BCUT2D eigenvalue weighted by atomic mass is 16.5. The minimum absolute atomic E-state index is 0.414. The van der Waals surface area contributed by atoms with Gasteiger partial charge in [-0.25, -0.2) is 9.59 Å². The lowest BCUT2D eigenvalue weighted by Crippen LogP contribution is -2.01. The maximum absolute atomic E-state index is 11.6. The van der Waals surface area contributed by atoms with Gasteiger partial charge in [0, 0.05) is 5.39 Å². The van der Waals surface area contributed by atoms with E-state index in [0.29, 0.717) is 16.6 Å². The summed E-state index contributed by atoms with van der Waals surface area (Å²) in [4.78, 5) is 25.5. The first-order chi connectivity index (χ1) is 8.27. The highest BCUT2D eigenvalue weighted by molar-refractivity contribution is 6.08. The Hall–Kier alpha value is -2.45. The molecule has 0 spiro atoms. The van der Waals surface area contributed by atoms with Gasteiger partial charge in [-0.15, -0.1) is 0 Å². The summed E-state index contributed by atoms with van der Waals surface area (Å²) in [7, 11) is 1.33. The van der Waals surface area contributed by atoms with E-state index in [2.05, 4.69) is 4.99 Å². The van der Waals surface area contributed by atoms with Gasteiger partial charge >= 0.3 is 5.97 Å². The Morgan fingerprint density at radius 2 is 1.88 bits per heavy atom. The van der Waals surface area contributed by atoms with E-state index in [-0.39, 0.29) is 0 Å². The molecular weight excluding hydrogens is 218 g/mol. The van der Waals surface area contributed by atoms with Crippen LogP contribution in [0.1, 0.15) is 10.4 Å². The molecule has 0 atom stereocenters. The fourth-order valence-electron chi connectivity index (χ4n) is 1.72. The van der Waals surface area contributed by atoms with Crippen LogP contribution in [0.15, 0.2) is 41.4 Å². The SMILES string of the molecule is COC(=O)c1ccc(N=C=O)c2ccccc12. The molecule has 2 aromatic carbocycles. The number of carbonyl (C=O) groups is 1. The van der Waals surface area contributed by atoms with Crippen molar-refractivity contribution in [3.8, 4) is 0 Å². The van der Waals surface area contributed by atoms with Crippen LogP contribution in [0.5, 0.6) is 0 Å². The number of methoxy groups -OCH3 is 1. The van der Waals surface area contributed by atoms with Crippen LogP contribution in [0.25, 0.3) is 10.8 Å². The highest BCUT2D eigenvalue weighted by Crippen LogP contribution is 2.28. The second-order valence-electron chi connectivity index (χ2n) is 3.37. The molecule has 0 saturated carbocycles. The van der Waals surface area contributed by atoms with Gasteiger partial charge in [-0.05, 0) is 17.5 Å². The zero-order valence-corrected chi connectivity index (χ0v) is 9.14. The number of aliphatic imine (C=N–C) groups is 1. The van der Waals surface area contributed by atoms with Gasteiger partial charge in [-0.1, -0.05) is 24.3 Å². The van der Waals surface area contributed by atoms with Crippen LogP contribution < -0.4 is 0 Å². The van der Waals surface area contributed by atoms with E-state index in [4.69, 9.17) is 4.74 Å². The molecule has 0 N–H and O–H groups in total. The van der Waals surface area contributed by atoms with Crippen molar-refractivity contribution in [3.63, 3.8) is 0 Å². The van der Waals surface area contributed by atoms with Crippen LogP contribution in [0, 0.1) is 0 Å². The molecular formula is C13H9NO3. The molecule has 0 radical (unpaired) electrons. The number of isocyanates is 1. The van der Waals surface area contributed by atoms with Crippen LogP contribution in [-0.4, -0.2) is 19.2 Å². The predicted molar refractivity (Wildman–Crippen MR) is 63.1 cm³/mol. The summed E-state index contributed by atoms with van der Waals surface area (Å²) in [5, 5.41) is 1.43. The first-order valence-electron chi connectivity index (χ1n) is 4.96. The Morgan fingerprint density at radius 1 is 1.18 bits per heavy atom. The lowest BCUT2D eigenvalue weighted by Gasteiger charge is -2.06. The summed E-state index contributed by atoms with van der Waals surface area (Å²) >= 11 is 0. The molecule has 0 heterocycles. The van der Waals surface area contributed by atoms with Gasteiger partial charge in [0.05, 0.1) is 18.4 Å². The number of benzene rings is 2. The molecule has 0 saturated heterocycles. The van der Waals surface area contributed by atoms with Crippen molar-refractivity contribution >= 4 is 28.5 Å². The first kappa shape index (κ1) is 11.0. The molecule has 17 heavy (non-hydrogen) atoms. The summed E-state index contributed by atoms with van der Waals surface area (Å²) in [6, 6.07) is 10.4. The van der Waals surface area contributed by atoms with Gasteiger partial charge in [0.25, 0.3) is 0 Å². The molecule has 4 heteroatoms. The zero-order valence-electron chi connectivity index (χ0n) is 9.14. The molecule has 0 fully saturated rings. The van der Waals surface area contributed by atoms with E-state index >= 15 is 0 Å². The van der Waals surface area contributed by atoms with Gasteiger partial charge in [-0.3, -0.25) is 0 Å². The number of rotatable bonds is 2. The second kappa shape index (κ2) is 4.60. The second-order valence-corrected chi connectivity index (χ2v) is 3.37. The van der Waals surface area contributed by atoms with Crippen LogP contribution in [-0.2, 0) is 9.53 Å². The summed E-state index contributed by atoms with van der Waals surface area (Å²) in [5.74, 6) is -0.414. The Labute approximate surface area is 97.5 Å². The fraction of sp³-hybridized carbons (Fsp3) is 0.0769. The average Bonchev–Trinajstić information content (AvgIpc) is 2.38. The molecule has 0 amide bonds. The minimum atomic E-state index is -0.414. The minimum Gasteiger partial charge on any atom is -0.465 e. The number of hydrogen-bond donors (Lipinski definition) is 0. The number of fused-ring (bicyclic) bond motifs is 1. The summed E-state index contributed by atoms with van der Waals surface area (Å²) < 4.78 is 4.70. The maximum Gasteiger partial charge on any atom is 0.338 e. The van der Waals surface area contributed by atoms with Crippen LogP contribution in [0.3, 0.4) is 0 Å². The quantitative estimate of drug-likeness (QED) is 0.450.